The molecule has 0 amide bonds. The lowest BCUT2D eigenvalue weighted by Crippen LogP contribution is -2.31. The summed E-state index contributed by atoms with van der Waals surface area (Å²) >= 11 is 0. The summed E-state index contributed by atoms with van der Waals surface area (Å²) in [6.07, 6.45) is 0.980. The molecule has 0 fully saturated rings. The number of fused-ring (bicyclic) bond motifs is 4. The van der Waals surface area contributed by atoms with Gasteiger partial charge in [-0.3, -0.25) is 0 Å². The fourth-order valence-corrected chi connectivity index (χ4v) is 3.98. The first-order valence-corrected chi connectivity index (χ1v) is 8.58. The fraction of sp³-hybridized carbons (Fsp3) is 0.190. The zero-order valence-electron chi connectivity index (χ0n) is 13.9. The molecule has 0 bridgehead atoms. The Morgan fingerprint density at radius 2 is 1.96 bits per heavy atom. The Hall–Kier alpha value is -2.85. The van der Waals surface area contributed by atoms with Gasteiger partial charge in [0, 0.05) is 34.6 Å². The van der Waals surface area contributed by atoms with E-state index in [2.05, 4.69) is 34.6 Å². The van der Waals surface area contributed by atoms with Crippen LogP contribution in [0.25, 0.3) is 21.9 Å². The van der Waals surface area contributed by atoms with Crippen molar-refractivity contribution < 1.29 is 4.42 Å². The molecule has 4 heteroatoms. The SMILES string of the molecule is Cc1ccc2c(C3NCCc4c3[nH]c3ccccc43)cc(=O)oc2c1. The molecule has 3 heterocycles. The van der Waals surface area contributed by atoms with Gasteiger partial charge in [0.25, 0.3) is 0 Å². The molecule has 0 spiro atoms. The number of H-pyrrole nitrogens is 1. The highest BCUT2D eigenvalue weighted by molar-refractivity contribution is 5.87. The maximum atomic E-state index is 12.1. The minimum Gasteiger partial charge on any atom is -0.423 e. The third-order valence-corrected chi connectivity index (χ3v) is 5.10. The van der Waals surface area contributed by atoms with Crippen LogP contribution in [0.1, 0.15) is 28.4 Å². The van der Waals surface area contributed by atoms with Gasteiger partial charge in [0.15, 0.2) is 0 Å². The van der Waals surface area contributed by atoms with Gasteiger partial charge in [0.05, 0.1) is 6.04 Å². The van der Waals surface area contributed by atoms with Crippen molar-refractivity contribution in [1.82, 2.24) is 10.3 Å². The molecule has 124 valence electrons. The highest BCUT2D eigenvalue weighted by Gasteiger charge is 2.27. The minimum atomic E-state index is -0.307. The monoisotopic (exact) mass is 330 g/mol. The summed E-state index contributed by atoms with van der Waals surface area (Å²) in [7, 11) is 0. The van der Waals surface area contributed by atoms with Crippen molar-refractivity contribution in [3.63, 3.8) is 0 Å². The van der Waals surface area contributed by atoms with E-state index in [1.165, 1.54) is 10.9 Å². The smallest absolute Gasteiger partial charge is 0.336 e. The van der Waals surface area contributed by atoms with Crippen molar-refractivity contribution >= 4 is 21.9 Å². The van der Waals surface area contributed by atoms with Gasteiger partial charge >= 0.3 is 5.63 Å². The summed E-state index contributed by atoms with van der Waals surface area (Å²) in [6.45, 7) is 2.88. The van der Waals surface area contributed by atoms with Crippen LogP contribution in [0.15, 0.2) is 57.7 Å². The van der Waals surface area contributed by atoms with Crippen molar-refractivity contribution in [3.8, 4) is 0 Å². The van der Waals surface area contributed by atoms with Gasteiger partial charge in [0.2, 0.25) is 0 Å². The van der Waals surface area contributed by atoms with Crippen LogP contribution >= 0.6 is 0 Å². The van der Waals surface area contributed by atoms with Crippen LogP contribution < -0.4 is 10.9 Å². The minimum absolute atomic E-state index is 0.0366. The van der Waals surface area contributed by atoms with Crippen molar-refractivity contribution in [2.45, 2.75) is 19.4 Å². The van der Waals surface area contributed by atoms with Gasteiger partial charge < -0.3 is 14.7 Å². The van der Waals surface area contributed by atoms with E-state index < -0.39 is 0 Å². The van der Waals surface area contributed by atoms with E-state index in [1.54, 1.807) is 6.07 Å². The highest BCUT2D eigenvalue weighted by atomic mass is 16.4. The zero-order chi connectivity index (χ0) is 17.0. The van der Waals surface area contributed by atoms with E-state index in [0.717, 1.165) is 40.7 Å². The van der Waals surface area contributed by atoms with E-state index in [0.29, 0.717) is 5.58 Å². The third-order valence-electron chi connectivity index (χ3n) is 5.10. The average molecular weight is 330 g/mol. The molecule has 2 aromatic heterocycles. The van der Waals surface area contributed by atoms with Crippen LogP contribution in [0.4, 0.5) is 0 Å². The van der Waals surface area contributed by atoms with Gasteiger partial charge in [-0.1, -0.05) is 30.3 Å². The Labute approximate surface area is 144 Å². The van der Waals surface area contributed by atoms with Crippen LogP contribution in [0.2, 0.25) is 0 Å². The number of hydrogen-bond acceptors (Lipinski definition) is 3. The lowest BCUT2D eigenvalue weighted by atomic mass is 9.92. The van der Waals surface area contributed by atoms with Crippen LogP contribution in [-0.4, -0.2) is 11.5 Å². The lowest BCUT2D eigenvalue weighted by Gasteiger charge is -2.25. The maximum absolute atomic E-state index is 12.1. The number of nitrogens with one attached hydrogen (secondary N) is 2. The number of aromatic nitrogens is 1. The number of benzene rings is 2. The van der Waals surface area contributed by atoms with E-state index in [9.17, 15) is 4.79 Å². The largest absolute Gasteiger partial charge is 0.423 e. The molecule has 1 aliphatic rings. The van der Waals surface area contributed by atoms with Crippen molar-refractivity contribution in [3.05, 3.63) is 81.3 Å². The molecule has 4 nitrogen and oxygen atoms in total. The van der Waals surface area contributed by atoms with Crippen LogP contribution in [0.3, 0.4) is 0 Å². The second kappa shape index (κ2) is 5.33. The van der Waals surface area contributed by atoms with Gasteiger partial charge in [-0.2, -0.15) is 0 Å². The Kier molecular flexibility index (Phi) is 3.09. The molecular weight excluding hydrogens is 312 g/mol. The lowest BCUT2D eigenvalue weighted by molar-refractivity contribution is 0.537. The maximum Gasteiger partial charge on any atom is 0.336 e. The Bertz CT molecular complexity index is 1170. The van der Waals surface area contributed by atoms with Crippen LogP contribution in [0.5, 0.6) is 0 Å². The van der Waals surface area contributed by atoms with Gasteiger partial charge in [-0.05, 0) is 42.2 Å². The van der Waals surface area contributed by atoms with Gasteiger partial charge in [0.1, 0.15) is 5.58 Å². The van der Waals surface area contributed by atoms with Gasteiger partial charge in [-0.15, -0.1) is 0 Å². The van der Waals surface area contributed by atoms with E-state index in [-0.39, 0.29) is 11.7 Å². The first kappa shape index (κ1) is 14.5. The Balaban J connectivity index is 1.79. The summed E-state index contributed by atoms with van der Waals surface area (Å²) in [5.41, 5.74) is 6.03. The summed E-state index contributed by atoms with van der Waals surface area (Å²) < 4.78 is 5.43. The normalized spacial score (nSPS) is 17.1. The number of aromatic amines is 1. The van der Waals surface area contributed by atoms with E-state index in [1.807, 2.05) is 25.1 Å². The molecule has 0 radical (unpaired) electrons. The van der Waals surface area contributed by atoms with Gasteiger partial charge in [-0.25, -0.2) is 4.79 Å². The van der Waals surface area contributed by atoms with Crippen LogP contribution in [0, 0.1) is 6.92 Å². The fourth-order valence-electron chi connectivity index (χ4n) is 3.98. The Morgan fingerprint density at radius 3 is 2.88 bits per heavy atom. The van der Waals surface area contributed by atoms with Crippen molar-refractivity contribution in [1.29, 1.82) is 0 Å². The Morgan fingerprint density at radius 1 is 1.08 bits per heavy atom. The van der Waals surface area contributed by atoms with E-state index in [4.69, 9.17) is 4.42 Å². The molecule has 25 heavy (non-hydrogen) atoms. The molecule has 4 aromatic rings. The summed E-state index contributed by atoms with van der Waals surface area (Å²) in [4.78, 5) is 15.7. The van der Waals surface area contributed by atoms with E-state index >= 15 is 0 Å². The third kappa shape index (κ3) is 2.22. The second-order valence-electron chi connectivity index (χ2n) is 6.72. The molecule has 1 unspecified atom stereocenters. The number of para-hydroxylation sites is 1. The highest BCUT2D eigenvalue weighted by Crippen LogP contribution is 2.35. The topological polar surface area (TPSA) is 58.0 Å². The second-order valence-corrected chi connectivity index (χ2v) is 6.72. The molecular formula is C21H18N2O2. The molecule has 1 atom stereocenters. The predicted octanol–water partition coefficient (Wildman–Crippen LogP) is 3.82. The number of rotatable bonds is 1. The molecule has 0 aliphatic carbocycles. The van der Waals surface area contributed by atoms with Crippen molar-refractivity contribution in [2.75, 3.05) is 6.54 Å². The summed E-state index contributed by atoms with van der Waals surface area (Å²) in [5, 5.41) is 5.83. The molecule has 1 aliphatic heterocycles. The number of aryl methyl sites for hydroxylation is 1. The van der Waals surface area contributed by atoms with Crippen LogP contribution in [-0.2, 0) is 6.42 Å². The summed E-state index contributed by atoms with van der Waals surface area (Å²) in [5.74, 6) is 0. The quantitative estimate of drug-likeness (QED) is 0.522. The molecule has 5 rings (SSSR count). The molecule has 0 saturated carbocycles. The number of hydrogen-bond donors (Lipinski definition) is 2. The first-order chi connectivity index (χ1) is 12.2. The molecule has 2 N–H and O–H groups in total. The molecule has 2 aromatic carbocycles. The average Bonchev–Trinajstić information content (AvgIpc) is 2.99. The molecule has 0 saturated heterocycles. The van der Waals surface area contributed by atoms with Crippen molar-refractivity contribution in [2.24, 2.45) is 0 Å². The first-order valence-electron chi connectivity index (χ1n) is 8.58. The zero-order valence-corrected chi connectivity index (χ0v) is 13.9. The predicted molar refractivity (Wildman–Crippen MR) is 99.1 cm³/mol. The summed E-state index contributed by atoms with van der Waals surface area (Å²) in [6, 6.07) is 16.0. The standard InChI is InChI=1S/C21H18N2O2/c1-12-6-7-14-16(11-19(24)25-18(14)10-12)20-21-15(8-9-22-20)13-4-2-3-5-17(13)23-21/h2-7,10-11,20,22-23H,8-9H2,1H3.